The predicted molar refractivity (Wildman–Crippen MR) is 113 cm³/mol. The largest absolute Gasteiger partial charge is 0.495 e. The third-order valence-electron chi connectivity index (χ3n) is 6.01. The first-order valence-corrected chi connectivity index (χ1v) is 11.8. The fourth-order valence-electron chi connectivity index (χ4n) is 4.22. The maximum atomic E-state index is 13.2. The quantitative estimate of drug-likeness (QED) is 0.688. The smallest absolute Gasteiger partial charge is 0.280 e. The third kappa shape index (κ3) is 4.07. The highest BCUT2D eigenvalue weighted by Crippen LogP contribution is 2.30. The first-order valence-electron chi connectivity index (χ1n) is 10.3. The summed E-state index contributed by atoms with van der Waals surface area (Å²) in [6.45, 7) is 2.00. The molecule has 0 radical (unpaired) electrons. The Balaban J connectivity index is 1.61. The van der Waals surface area contributed by atoms with Gasteiger partial charge in [0.1, 0.15) is 16.3 Å². The van der Waals surface area contributed by atoms with Crippen molar-refractivity contribution in [2.45, 2.75) is 50.1 Å². The molecule has 2 amide bonds. The van der Waals surface area contributed by atoms with Gasteiger partial charge in [0.25, 0.3) is 11.8 Å². The van der Waals surface area contributed by atoms with Crippen LogP contribution in [0.15, 0.2) is 41.4 Å². The molecule has 1 aromatic heterocycles. The van der Waals surface area contributed by atoms with Gasteiger partial charge in [-0.2, -0.15) is 0 Å². The number of methoxy groups -OCH3 is 1. The van der Waals surface area contributed by atoms with Crippen molar-refractivity contribution < 1.29 is 22.7 Å². The molecule has 4 rings (SSSR count). The van der Waals surface area contributed by atoms with E-state index in [1.165, 1.54) is 19.4 Å². The molecule has 1 aliphatic heterocycles. The molecule has 2 aromatic rings. The summed E-state index contributed by atoms with van der Waals surface area (Å²) in [5.41, 5.74) is 0.871. The molecule has 8 nitrogen and oxygen atoms in total. The van der Waals surface area contributed by atoms with Crippen LogP contribution in [0.3, 0.4) is 0 Å². The molecule has 9 heteroatoms. The Bertz CT molecular complexity index is 1100. The Morgan fingerprint density at radius 2 is 1.94 bits per heavy atom. The molecular formula is C22H25N3O5S. The molecule has 1 N–H and O–H groups in total. The number of fused-ring (bicyclic) bond motifs is 1. The van der Waals surface area contributed by atoms with Gasteiger partial charge in [-0.1, -0.05) is 25.8 Å². The van der Waals surface area contributed by atoms with Crippen LogP contribution in [-0.4, -0.2) is 43.3 Å². The van der Waals surface area contributed by atoms with Crippen molar-refractivity contribution in [2.75, 3.05) is 7.11 Å². The van der Waals surface area contributed by atoms with E-state index in [9.17, 15) is 18.0 Å². The highest BCUT2D eigenvalue weighted by atomic mass is 32.2. The lowest BCUT2D eigenvalue weighted by Gasteiger charge is -2.29. The second-order valence-electron chi connectivity index (χ2n) is 8.07. The number of aromatic nitrogens is 1. The number of nitrogens with zero attached hydrogens (tertiary/aromatic N) is 2. The normalized spacial score (nSPS) is 21.3. The molecular weight excluding hydrogens is 418 g/mol. The predicted octanol–water partition coefficient (Wildman–Crippen LogP) is 2.74. The first kappa shape index (κ1) is 21.5. The molecule has 164 valence electrons. The fourth-order valence-corrected chi connectivity index (χ4v) is 5.82. The molecule has 1 aliphatic carbocycles. The lowest BCUT2D eigenvalue weighted by molar-refractivity contribution is 0.0640. The van der Waals surface area contributed by atoms with Gasteiger partial charge in [0, 0.05) is 12.2 Å². The van der Waals surface area contributed by atoms with Crippen molar-refractivity contribution in [3.63, 3.8) is 0 Å². The maximum absolute atomic E-state index is 13.2. The SMILES string of the molecule is COc1ccc(CN2C(=O)c3cccnc3C2=O)cc1S(=O)(=O)N[C@H]1CCCC[C@@H]1C. The molecule has 1 aromatic carbocycles. The van der Waals surface area contributed by atoms with Gasteiger partial charge in [0.05, 0.1) is 19.2 Å². The summed E-state index contributed by atoms with van der Waals surface area (Å²) in [7, 11) is -2.44. The van der Waals surface area contributed by atoms with E-state index in [-0.39, 0.29) is 40.4 Å². The van der Waals surface area contributed by atoms with Crippen molar-refractivity contribution in [1.82, 2.24) is 14.6 Å². The number of imide groups is 1. The van der Waals surface area contributed by atoms with Crippen LogP contribution in [-0.2, 0) is 16.6 Å². The number of ether oxygens (including phenoxy) is 1. The summed E-state index contributed by atoms with van der Waals surface area (Å²) >= 11 is 0. The zero-order valence-corrected chi connectivity index (χ0v) is 18.3. The number of hydrogen-bond donors (Lipinski definition) is 1. The van der Waals surface area contributed by atoms with Crippen LogP contribution in [0.4, 0.5) is 0 Å². The minimum Gasteiger partial charge on any atom is -0.495 e. The summed E-state index contributed by atoms with van der Waals surface area (Å²) in [6, 6.07) is 7.69. The number of sulfonamides is 1. The highest BCUT2D eigenvalue weighted by Gasteiger charge is 2.37. The zero-order valence-electron chi connectivity index (χ0n) is 17.5. The Hall–Kier alpha value is -2.78. The van der Waals surface area contributed by atoms with E-state index in [4.69, 9.17) is 4.74 Å². The number of nitrogens with one attached hydrogen (secondary N) is 1. The van der Waals surface area contributed by atoms with Crippen LogP contribution >= 0.6 is 0 Å². The van der Waals surface area contributed by atoms with Crippen LogP contribution in [0.2, 0.25) is 0 Å². The number of hydrogen-bond acceptors (Lipinski definition) is 6. The van der Waals surface area contributed by atoms with Crippen LogP contribution < -0.4 is 9.46 Å². The third-order valence-corrected chi connectivity index (χ3v) is 7.52. The summed E-state index contributed by atoms with van der Waals surface area (Å²) in [5.74, 6) is -0.468. The van der Waals surface area contributed by atoms with Gasteiger partial charge >= 0.3 is 0 Å². The molecule has 0 spiro atoms. The summed E-state index contributed by atoms with van der Waals surface area (Å²) in [6.07, 6.45) is 5.34. The van der Waals surface area contributed by atoms with E-state index in [1.54, 1.807) is 24.3 Å². The van der Waals surface area contributed by atoms with Crippen molar-refractivity contribution in [2.24, 2.45) is 5.92 Å². The molecule has 31 heavy (non-hydrogen) atoms. The van der Waals surface area contributed by atoms with Crippen LogP contribution in [0.5, 0.6) is 5.75 Å². The fraction of sp³-hybridized carbons (Fsp3) is 0.409. The van der Waals surface area contributed by atoms with Crippen molar-refractivity contribution in [3.8, 4) is 5.75 Å². The van der Waals surface area contributed by atoms with Gasteiger partial charge in [-0.05, 0) is 48.6 Å². The summed E-state index contributed by atoms with van der Waals surface area (Å²) in [5, 5.41) is 0. The number of rotatable bonds is 6. The Labute approximate surface area is 181 Å². The van der Waals surface area contributed by atoms with Crippen molar-refractivity contribution >= 4 is 21.8 Å². The number of benzene rings is 1. The topological polar surface area (TPSA) is 106 Å². The maximum Gasteiger partial charge on any atom is 0.280 e. The molecule has 0 saturated heterocycles. The second kappa shape index (κ2) is 8.39. The number of amides is 2. The van der Waals surface area contributed by atoms with E-state index in [0.717, 1.165) is 30.6 Å². The average Bonchev–Trinajstić information content (AvgIpc) is 3.00. The van der Waals surface area contributed by atoms with E-state index in [1.807, 2.05) is 0 Å². The van der Waals surface area contributed by atoms with Gasteiger partial charge in [-0.25, -0.2) is 13.1 Å². The number of pyridine rings is 1. The van der Waals surface area contributed by atoms with Crippen molar-refractivity contribution in [3.05, 3.63) is 53.3 Å². The summed E-state index contributed by atoms with van der Waals surface area (Å²) in [4.78, 5) is 30.3. The molecule has 2 atom stereocenters. The molecule has 0 unspecified atom stereocenters. The van der Waals surface area contributed by atoms with Crippen LogP contribution in [0, 0.1) is 5.92 Å². The number of carbonyl (C=O) groups excluding carboxylic acids is 2. The van der Waals surface area contributed by atoms with E-state index in [2.05, 4.69) is 16.6 Å². The molecule has 0 bridgehead atoms. The van der Waals surface area contributed by atoms with Crippen LogP contribution in [0.25, 0.3) is 0 Å². The highest BCUT2D eigenvalue weighted by molar-refractivity contribution is 7.89. The zero-order chi connectivity index (χ0) is 22.2. The van der Waals surface area contributed by atoms with E-state index < -0.39 is 21.8 Å². The van der Waals surface area contributed by atoms with Gasteiger partial charge in [-0.15, -0.1) is 0 Å². The standard InChI is InChI=1S/C22H25N3O5S/c1-14-6-3-4-8-17(14)24-31(28,29)19-12-15(9-10-18(19)30-2)13-25-21(26)16-7-5-11-23-20(16)22(25)27/h5,7,9-12,14,17,24H,3-4,6,8,13H2,1-2H3/t14-,17-/m0/s1. The lowest BCUT2D eigenvalue weighted by atomic mass is 9.87. The number of carbonyl (C=O) groups is 2. The Kier molecular flexibility index (Phi) is 5.81. The van der Waals surface area contributed by atoms with Gasteiger partial charge < -0.3 is 4.74 Å². The molecule has 2 aliphatic rings. The Morgan fingerprint density at radius 3 is 2.65 bits per heavy atom. The van der Waals surface area contributed by atoms with Crippen LogP contribution in [0.1, 0.15) is 59.0 Å². The van der Waals surface area contributed by atoms with Gasteiger partial charge in [0.2, 0.25) is 10.0 Å². The monoisotopic (exact) mass is 443 g/mol. The minimum atomic E-state index is -3.85. The molecule has 1 fully saturated rings. The molecule has 1 saturated carbocycles. The minimum absolute atomic E-state index is 0.00000698. The molecule has 2 heterocycles. The Morgan fingerprint density at radius 1 is 1.16 bits per heavy atom. The average molecular weight is 444 g/mol. The van der Waals surface area contributed by atoms with Crippen molar-refractivity contribution in [1.29, 1.82) is 0 Å². The van der Waals surface area contributed by atoms with Gasteiger partial charge in [-0.3, -0.25) is 19.5 Å². The second-order valence-corrected chi connectivity index (χ2v) is 9.75. The first-order chi connectivity index (χ1) is 14.8. The van der Waals surface area contributed by atoms with E-state index >= 15 is 0 Å². The lowest BCUT2D eigenvalue weighted by Crippen LogP contribution is -2.41. The summed E-state index contributed by atoms with van der Waals surface area (Å²) < 4.78 is 34.5. The van der Waals surface area contributed by atoms with E-state index in [0.29, 0.717) is 5.56 Å². The van der Waals surface area contributed by atoms with Gasteiger partial charge in [0.15, 0.2) is 0 Å².